The largest absolute Gasteiger partial charge is 0.361 e. The second-order valence-electron chi connectivity index (χ2n) is 6.31. The number of carbonyl (C=O) groups excluding carboxylic acids is 2. The van der Waals surface area contributed by atoms with E-state index in [-0.39, 0.29) is 5.91 Å². The van der Waals surface area contributed by atoms with Crippen LogP contribution in [-0.2, 0) is 11.2 Å². The van der Waals surface area contributed by atoms with Gasteiger partial charge in [0.05, 0.1) is 5.69 Å². The number of anilines is 1. The van der Waals surface area contributed by atoms with Gasteiger partial charge in [-0.3, -0.25) is 4.79 Å². The van der Waals surface area contributed by atoms with Gasteiger partial charge in [0.2, 0.25) is 0 Å². The summed E-state index contributed by atoms with van der Waals surface area (Å²) in [4.78, 5) is 29.7. The van der Waals surface area contributed by atoms with E-state index >= 15 is 0 Å². The Morgan fingerprint density at radius 3 is 2.77 bits per heavy atom. The first kappa shape index (κ1) is 17.1. The second-order valence-corrected chi connectivity index (χ2v) is 7.67. The molecule has 0 radical (unpaired) electrons. The van der Waals surface area contributed by atoms with E-state index in [0.29, 0.717) is 17.1 Å². The molecule has 132 valence electrons. The Bertz CT molecular complexity index is 1050. The van der Waals surface area contributed by atoms with E-state index in [9.17, 15) is 9.59 Å². The van der Waals surface area contributed by atoms with Crippen molar-refractivity contribution in [2.75, 3.05) is 4.90 Å². The van der Waals surface area contributed by atoms with E-state index in [1.807, 2.05) is 31.3 Å². The van der Waals surface area contributed by atoms with Gasteiger partial charge in [-0.25, -0.2) is 9.69 Å². The molecule has 1 aliphatic rings. The van der Waals surface area contributed by atoms with E-state index in [2.05, 4.69) is 26.2 Å². The van der Waals surface area contributed by atoms with Gasteiger partial charge in [0.15, 0.2) is 0 Å². The molecule has 3 aromatic rings. The van der Waals surface area contributed by atoms with Crippen LogP contribution in [0.4, 0.5) is 10.5 Å². The van der Waals surface area contributed by atoms with Crippen molar-refractivity contribution in [3.05, 3.63) is 63.2 Å². The fourth-order valence-corrected chi connectivity index (χ4v) is 3.89. The summed E-state index contributed by atoms with van der Waals surface area (Å²) in [6.07, 6.45) is 2.30. The number of hydrogen-bond donors (Lipinski definition) is 2. The van der Waals surface area contributed by atoms with Crippen LogP contribution in [0.1, 0.15) is 11.1 Å². The van der Waals surface area contributed by atoms with E-state index in [4.69, 9.17) is 11.6 Å². The quantitative estimate of drug-likeness (QED) is 0.596. The molecule has 7 heteroatoms. The first-order valence-corrected chi connectivity index (χ1v) is 9.27. The normalized spacial score (nSPS) is 17.2. The topological polar surface area (TPSA) is 65.2 Å². The highest BCUT2D eigenvalue weighted by molar-refractivity contribution is 9.10. The molecule has 0 aliphatic carbocycles. The summed E-state index contributed by atoms with van der Waals surface area (Å²) in [5, 5.41) is 4.39. The number of nitrogens with zero attached hydrogens (tertiary/aromatic N) is 1. The summed E-state index contributed by atoms with van der Waals surface area (Å²) in [5.41, 5.74) is 3.30. The summed E-state index contributed by atoms with van der Waals surface area (Å²) < 4.78 is 0.964. The van der Waals surface area contributed by atoms with Crippen LogP contribution < -0.4 is 10.2 Å². The lowest BCUT2D eigenvalue weighted by molar-refractivity contribution is -0.118. The van der Waals surface area contributed by atoms with Crippen LogP contribution in [0.15, 0.2) is 47.1 Å². The van der Waals surface area contributed by atoms with Crippen LogP contribution in [-0.4, -0.2) is 23.0 Å². The van der Waals surface area contributed by atoms with Gasteiger partial charge in [-0.05, 0) is 54.4 Å². The van der Waals surface area contributed by atoms with Crippen LogP contribution in [0.25, 0.3) is 10.9 Å². The average molecular weight is 433 g/mol. The van der Waals surface area contributed by atoms with Gasteiger partial charge in [-0.15, -0.1) is 0 Å². The Balaban J connectivity index is 1.63. The zero-order chi connectivity index (χ0) is 18.4. The summed E-state index contributed by atoms with van der Waals surface area (Å²) in [6, 6.07) is 10.0. The minimum absolute atomic E-state index is 0.259. The number of hydrogen-bond acceptors (Lipinski definition) is 2. The summed E-state index contributed by atoms with van der Waals surface area (Å²) in [7, 11) is 0. The number of urea groups is 1. The fourth-order valence-electron chi connectivity index (χ4n) is 3.31. The van der Waals surface area contributed by atoms with Crippen molar-refractivity contribution in [3.63, 3.8) is 0 Å². The molecule has 1 fully saturated rings. The monoisotopic (exact) mass is 431 g/mol. The number of imide groups is 1. The number of aromatic amines is 1. The van der Waals surface area contributed by atoms with E-state index in [1.54, 1.807) is 18.2 Å². The van der Waals surface area contributed by atoms with Crippen molar-refractivity contribution < 1.29 is 9.59 Å². The first-order chi connectivity index (χ1) is 12.4. The number of aromatic nitrogens is 1. The molecule has 4 rings (SSSR count). The number of aryl methyl sites for hydroxylation is 1. The maximum atomic E-state index is 12.9. The Kier molecular flexibility index (Phi) is 4.25. The molecule has 5 nitrogen and oxygen atoms in total. The Hall–Kier alpha value is -2.31. The van der Waals surface area contributed by atoms with Gasteiger partial charge in [-0.2, -0.15) is 0 Å². The second kappa shape index (κ2) is 6.45. The lowest BCUT2D eigenvalue weighted by Crippen LogP contribution is -2.32. The number of amides is 3. The van der Waals surface area contributed by atoms with Crippen LogP contribution in [0.2, 0.25) is 5.02 Å². The zero-order valence-electron chi connectivity index (χ0n) is 13.8. The number of fused-ring (bicyclic) bond motifs is 1. The van der Waals surface area contributed by atoms with E-state index < -0.39 is 12.1 Å². The van der Waals surface area contributed by atoms with Gasteiger partial charge in [0, 0.05) is 33.0 Å². The highest BCUT2D eigenvalue weighted by Gasteiger charge is 2.39. The Labute approximate surface area is 163 Å². The molecule has 0 saturated carbocycles. The molecule has 1 unspecified atom stereocenters. The van der Waals surface area contributed by atoms with Crippen LogP contribution in [0.3, 0.4) is 0 Å². The molecule has 1 aromatic heterocycles. The van der Waals surface area contributed by atoms with Crippen molar-refractivity contribution in [1.29, 1.82) is 0 Å². The SMILES string of the molecule is Cc1cc(Cl)ccc1N1C(=O)NC(Cc2c[nH]c3ccc(Br)cc23)C1=O. The molecule has 2 aromatic carbocycles. The average Bonchev–Trinajstić information content (AvgIpc) is 3.10. The van der Waals surface area contributed by atoms with Crippen molar-refractivity contribution in [2.45, 2.75) is 19.4 Å². The molecular weight excluding hydrogens is 418 g/mol. The minimum Gasteiger partial charge on any atom is -0.361 e. The predicted octanol–water partition coefficient (Wildman–Crippen LogP) is 4.56. The number of halogens is 2. The minimum atomic E-state index is -0.601. The van der Waals surface area contributed by atoms with Crippen LogP contribution in [0, 0.1) is 6.92 Å². The lowest BCUT2D eigenvalue weighted by atomic mass is 10.0. The van der Waals surface area contributed by atoms with Crippen LogP contribution in [0.5, 0.6) is 0 Å². The lowest BCUT2D eigenvalue weighted by Gasteiger charge is -2.16. The number of rotatable bonds is 3. The molecule has 0 spiro atoms. The van der Waals surface area contributed by atoms with E-state index in [1.165, 1.54) is 4.90 Å². The Morgan fingerprint density at radius 1 is 1.19 bits per heavy atom. The molecule has 1 saturated heterocycles. The van der Waals surface area contributed by atoms with Crippen molar-refractivity contribution >= 4 is 56.1 Å². The fraction of sp³-hybridized carbons (Fsp3) is 0.158. The molecule has 2 N–H and O–H groups in total. The molecular formula is C19H15BrClN3O2. The van der Waals surface area contributed by atoms with Gasteiger partial charge in [0.1, 0.15) is 6.04 Å². The first-order valence-electron chi connectivity index (χ1n) is 8.10. The third kappa shape index (κ3) is 2.89. The van der Waals surface area contributed by atoms with Gasteiger partial charge < -0.3 is 10.3 Å². The number of nitrogens with one attached hydrogen (secondary N) is 2. The van der Waals surface area contributed by atoms with Crippen molar-refractivity contribution in [2.24, 2.45) is 0 Å². The molecule has 26 heavy (non-hydrogen) atoms. The molecule has 3 amide bonds. The summed E-state index contributed by atoms with van der Waals surface area (Å²) in [6.45, 7) is 1.83. The van der Waals surface area contributed by atoms with Gasteiger partial charge >= 0.3 is 6.03 Å². The van der Waals surface area contributed by atoms with Gasteiger partial charge in [-0.1, -0.05) is 27.5 Å². The third-order valence-corrected chi connectivity index (χ3v) is 5.30. The van der Waals surface area contributed by atoms with E-state index in [0.717, 1.165) is 26.5 Å². The van der Waals surface area contributed by atoms with Crippen molar-refractivity contribution in [3.8, 4) is 0 Å². The molecule has 1 aliphatic heterocycles. The number of carbonyl (C=O) groups is 2. The maximum Gasteiger partial charge on any atom is 0.329 e. The Morgan fingerprint density at radius 2 is 2.00 bits per heavy atom. The standard InChI is InChI=1S/C19H15BrClN3O2/c1-10-6-13(21)3-5-17(10)24-18(25)16(23-19(24)26)7-11-9-22-15-4-2-12(20)8-14(11)15/h2-6,8-9,16,22H,7H2,1H3,(H,23,26). The molecule has 2 heterocycles. The molecule has 0 bridgehead atoms. The number of benzene rings is 2. The number of H-pyrrole nitrogens is 1. The smallest absolute Gasteiger partial charge is 0.329 e. The maximum absolute atomic E-state index is 12.9. The molecule has 1 atom stereocenters. The van der Waals surface area contributed by atoms with Crippen molar-refractivity contribution in [1.82, 2.24) is 10.3 Å². The highest BCUT2D eigenvalue weighted by atomic mass is 79.9. The predicted molar refractivity (Wildman–Crippen MR) is 106 cm³/mol. The van der Waals surface area contributed by atoms with Crippen LogP contribution >= 0.6 is 27.5 Å². The zero-order valence-corrected chi connectivity index (χ0v) is 16.2. The van der Waals surface area contributed by atoms with Gasteiger partial charge in [0.25, 0.3) is 5.91 Å². The summed E-state index contributed by atoms with van der Waals surface area (Å²) in [5.74, 6) is -0.259. The third-order valence-electron chi connectivity index (χ3n) is 4.57. The summed E-state index contributed by atoms with van der Waals surface area (Å²) >= 11 is 9.45. The highest BCUT2D eigenvalue weighted by Crippen LogP contribution is 2.29.